The standard InChI is InChI=1S/C16H21NO3/c1-2-7-17-8-9-20-15-13-10-12(16(18)19)4-3-11(13)5-6-14(15)17/h3-4,10,14-15H,2,5-9H2,1H3,(H,18,19)/t14-,15-/m0/s1. The molecule has 3 rings (SSSR count). The van der Waals surface area contributed by atoms with Crippen LogP contribution in [0.3, 0.4) is 0 Å². The minimum atomic E-state index is -0.865. The number of aromatic carboxylic acids is 1. The summed E-state index contributed by atoms with van der Waals surface area (Å²) in [5.74, 6) is -0.865. The first-order valence-corrected chi connectivity index (χ1v) is 7.42. The van der Waals surface area contributed by atoms with E-state index in [0.29, 0.717) is 11.6 Å². The number of benzene rings is 1. The van der Waals surface area contributed by atoms with Crippen LogP contribution < -0.4 is 0 Å². The number of carboxylic acid groups (broad SMARTS) is 1. The van der Waals surface area contributed by atoms with E-state index in [0.717, 1.165) is 44.5 Å². The van der Waals surface area contributed by atoms with Crippen molar-refractivity contribution < 1.29 is 14.6 Å². The van der Waals surface area contributed by atoms with Crippen LogP contribution >= 0.6 is 0 Å². The molecule has 1 fully saturated rings. The number of hydrogen-bond acceptors (Lipinski definition) is 3. The zero-order valence-corrected chi connectivity index (χ0v) is 11.8. The Morgan fingerprint density at radius 1 is 1.50 bits per heavy atom. The summed E-state index contributed by atoms with van der Waals surface area (Å²) in [4.78, 5) is 13.7. The van der Waals surface area contributed by atoms with Gasteiger partial charge in [-0.25, -0.2) is 4.79 Å². The number of carbonyl (C=O) groups is 1. The molecule has 1 aliphatic carbocycles. The molecule has 0 amide bonds. The molecule has 0 unspecified atom stereocenters. The van der Waals surface area contributed by atoms with Gasteiger partial charge in [-0.15, -0.1) is 0 Å². The van der Waals surface area contributed by atoms with Crippen molar-refractivity contribution in [2.75, 3.05) is 19.7 Å². The van der Waals surface area contributed by atoms with Crippen molar-refractivity contribution in [1.82, 2.24) is 4.90 Å². The first kappa shape index (κ1) is 13.6. The normalized spacial score (nSPS) is 25.9. The quantitative estimate of drug-likeness (QED) is 0.920. The maximum atomic E-state index is 11.2. The van der Waals surface area contributed by atoms with Crippen LogP contribution in [0, 0.1) is 0 Å². The van der Waals surface area contributed by atoms with Gasteiger partial charge in [0.05, 0.1) is 18.3 Å². The Labute approximate surface area is 119 Å². The van der Waals surface area contributed by atoms with Crippen LogP contribution in [0.25, 0.3) is 0 Å². The van der Waals surface area contributed by atoms with Gasteiger partial charge < -0.3 is 9.84 Å². The molecule has 1 saturated heterocycles. The second kappa shape index (κ2) is 5.54. The Balaban J connectivity index is 1.93. The van der Waals surface area contributed by atoms with Gasteiger partial charge in [0.15, 0.2) is 0 Å². The average molecular weight is 275 g/mol. The summed E-state index contributed by atoms with van der Waals surface area (Å²) in [6, 6.07) is 5.87. The molecule has 1 aromatic carbocycles. The van der Waals surface area contributed by atoms with Crippen LogP contribution in [-0.4, -0.2) is 41.7 Å². The Morgan fingerprint density at radius 2 is 2.35 bits per heavy atom. The van der Waals surface area contributed by atoms with Crippen LogP contribution in [0.1, 0.15) is 47.4 Å². The monoisotopic (exact) mass is 275 g/mol. The van der Waals surface area contributed by atoms with Crippen molar-refractivity contribution in [2.24, 2.45) is 0 Å². The predicted molar refractivity (Wildman–Crippen MR) is 76.1 cm³/mol. The van der Waals surface area contributed by atoms with Crippen molar-refractivity contribution in [3.05, 3.63) is 34.9 Å². The molecule has 1 N–H and O–H groups in total. The molecule has 0 bridgehead atoms. The Bertz CT molecular complexity index is 512. The molecular weight excluding hydrogens is 254 g/mol. The number of carboxylic acids is 1. The topological polar surface area (TPSA) is 49.8 Å². The minimum Gasteiger partial charge on any atom is -0.478 e. The molecule has 2 aliphatic rings. The molecule has 4 heteroatoms. The molecule has 4 nitrogen and oxygen atoms in total. The van der Waals surface area contributed by atoms with E-state index in [4.69, 9.17) is 9.84 Å². The fourth-order valence-electron chi connectivity index (χ4n) is 3.49. The van der Waals surface area contributed by atoms with Crippen LogP contribution in [0.2, 0.25) is 0 Å². The molecule has 108 valence electrons. The highest BCUT2D eigenvalue weighted by Gasteiger charge is 2.37. The van der Waals surface area contributed by atoms with Crippen LogP contribution in [0.4, 0.5) is 0 Å². The van der Waals surface area contributed by atoms with Gasteiger partial charge in [-0.05, 0) is 49.1 Å². The van der Waals surface area contributed by atoms with E-state index in [-0.39, 0.29) is 6.10 Å². The number of rotatable bonds is 3. The maximum absolute atomic E-state index is 11.2. The van der Waals surface area contributed by atoms with Gasteiger partial charge >= 0.3 is 5.97 Å². The summed E-state index contributed by atoms with van der Waals surface area (Å²) in [5.41, 5.74) is 2.69. The third-order valence-electron chi connectivity index (χ3n) is 4.41. The summed E-state index contributed by atoms with van der Waals surface area (Å²) in [6.45, 7) is 5.02. The fraction of sp³-hybridized carbons (Fsp3) is 0.562. The summed E-state index contributed by atoms with van der Waals surface area (Å²) in [7, 11) is 0. The maximum Gasteiger partial charge on any atom is 0.335 e. The highest BCUT2D eigenvalue weighted by molar-refractivity contribution is 5.88. The number of fused-ring (bicyclic) bond motifs is 3. The van der Waals surface area contributed by atoms with E-state index in [1.807, 2.05) is 12.1 Å². The predicted octanol–water partition coefficient (Wildman–Crippen LogP) is 2.48. The fourth-order valence-corrected chi connectivity index (χ4v) is 3.49. The van der Waals surface area contributed by atoms with Crippen LogP contribution in [-0.2, 0) is 11.2 Å². The number of morpholine rings is 1. The highest BCUT2D eigenvalue weighted by atomic mass is 16.5. The molecule has 1 heterocycles. The lowest BCUT2D eigenvalue weighted by Gasteiger charge is -2.44. The second-order valence-corrected chi connectivity index (χ2v) is 5.65. The van der Waals surface area contributed by atoms with Gasteiger partial charge in [-0.3, -0.25) is 4.90 Å². The molecule has 0 aromatic heterocycles. The molecule has 0 radical (unpaired) electrons. The Kier molecular flexibility index (Phi) is 3.76. The Morgan fingerprint density at radius 3 is 3.10 bits per heavy atom. The summed E-state index contributed by atoms with van der Waals surface area (Å²) >= 11 is 0. The van der Waals surface area contributed by atoms with E-state index in [1.165, 1.54) is 5.56 Å². The second-order valence-electron chi connectivity index (χ2n) is 5.65. The SMILES string of the molecule is CCCN1CCO[C@H]2c3cc(C(=O)O)ccc3CC[C@@H]21. The molecule has 1 aliphatic heterocycles. The third-order valence-corrected chi connectivity index (χ3v) is 4.41. The van der Waals surface area contributed by atoms with Crippen molar-refractivity contribution in [3.8, 4) is 0 Å². The summed E-state index contributed by atoms with van der Waals surface area (Å²) in [6.07, 6.45) is 3.30. The van der Waals surface area contributed by atoms with Gasteiger partial charge in [0.25, 0.3) is 0 Å². The van der Waals surface area contributed by atoms with E-state index in [9.17, 15) is 4.79 Å². The van der Waals surface area contributed by atoms with Crippen LogP contribution in [0.15, 0.2) is 18.2 Å². The molecule has 20 heavy (non-hydrogen) atoms. The third kappa shape index (κ3) is 2.34. The van der Waals surface area contributed by atoms with Crippen molar-refractivity contribution in [2.45, 2.75) is 38.3 Å². The van der Waals surface area contributed by atoms with E-state index < -0.39 is 5.97 Å². The largest absolute Gasteiger partial charge is 0.478 e. The summed E-state index contributed by atoms with van der Waals surface area (Å²) in [5, 5.41) is 9.17. The first-order chi connectivity index (χ1) is 9.70. The van der Waals surface area contributed by atoms with Gasteiger partial charge in [0.2, 0.25) is 0 Å². The summed E-state index contributed by atoms with van der Waals surface area (Å²) < 4.78 is 5.99. The molecule has 0 saturated carbocycles. The van der Waals surface area contributed by atoms with E-state index in [2.05, 4.69) is 11.8 Å². The Hall–Kier alpha value is -1.39. The first-order valence-electron chi connectivity index (χ1n) is 7.42. The number of ether oxygens (including phenoxy) is 1. The minimum absolute atomic E-state index is 0.0401. The average Bonchev–Trinajstić information content (AvgIpc) is 2.47. The van der Waals surface area contributed by atoms with Crippen molar-refractivity contribution in [1.29, 1.82) is 0 Å². The molecule has 1 aromatic rings. The van der Waals surface area contributed by atoms with Crippen LogP contribution in [0.5, 0.6) is 0 Å². The number of aryl methyl sites for hydroxylation is 1. The zero-order valence-electron chi connectivity index (χ0n) is 11.8. The lowest BCUT2D eigenvalue weighted by atomic mass is 9.83. The smallest absolute Gasteiger partial charge is 0.335 e. The molecule has 0 spiro atoms. The van der Waals surface area contributed by atoms with Gasteiger partial charge in [0.1, 0.15) is 0 Å². The van der Waals surface area contributed by atoms with Gasteiger partial charge in [0, 0.05) is 12.6 Å². The van der Waals surface area contributed by atoms with Crippen molar-refractivity contribution in [3.63, 3.8) is 0 Å². The zero-order chi connectivity index (χ0) is 14.1. The molecule has 2 atom stereocenters. The van der Waals surface area contributed by atoms with E-state index >= 15 is 0 Å². The van der Waals surface area contributed by atoms with Crippen molar-refractivity contribution >= 4 is 5.97 Å². The lowest BCUT2D eigenvalue weighted by Crippen LogP contribution is -2.49. The van der Waals surface area contributed by atoms with Gasteiger partial charge in [-0.2, -0.15) is 0 Å². The highest BCUT2D eigenvalue weighted by Crippen LogP contribution is 2.38. The van der Waals surface area contributed by atoms with E-state index in [1.54, 1.807) is 6.07 Å². The van der Waals surface area contributed by atoms with Gasteiger partial charge in [-0.1, -0.05) is 13.0 Å². The number of hydrogen-bond donors (Lipinski definition) is 1. The number of nitrogens with zero attached hydrogens (tertiary/aromatic N) is 1. The lowest BCUT2D eigenvalue weighted by molar-refractivity contribution is -0.0801. The molecular formula is C16H21NO3.